The first-order valence-electron chi connectivity index (χ1n) is 6.23. The third kappa shape index (κ3) is 4.49. The second-order valence-corrected chi connectivity index (χ2v) is 4.92. The molecule has 1 aliphatic heterocycles. The first-order chi connectivity index (χ1) is 7.15. The molecular weight excluding hydrogens is 188 g/mol. The van der Waals surface area contributed by atoms with E-state index < -0.39 is 0 Å². The zero-order valence-electron chi connectivity index (χ0n) is 10.4. The highest BCUT2D eigenvalue weighted by atomic mass is 16.5. The van der Waals surface area contributed by atoms with Crippen LogP contribution >= 0.6 is 0 Å². The van der Waals surface area contributed by atoms with Crippen molar-refractivity contribution in [3.63, 3.8) is 0 Å². The molecule has 0 aliphatic carbocycles. The molecule has 3 unspecified atom stereocenters. The van der Waals surface area contributed by atoms with Crippen LogP contribution in [0.1, 0.15) is 33.6 Å². The number of ether oxygens (including phenoxy) is 1. The molecule has 1 aliphatic rings. The van der Waals surface area contributed by atoms with Crippen molar-refractivity contribution in [2.75, 3.05) is 26.2 Å². The zero-order chi connectivity index (χ0) is 11.3. The van der Waals surface area contributed by atoms with Crippen molar-refractivity contribution in [1.29, 1.82) is 0 Å². The molecule has 1 saturated heterocycles. The quantitative estimate of drug-likeness (QED) is 0.753. The lowest BCUT2D eigenvalue weighted by molar-refractivity contribution is -0.0750. The third-order valence-corrected chi connectivity index (χ3v) is 3.02. The third-order valence-electron chi connectivity index (χ3n) is 3.02. The molecule has 0 saturated carbocycles. The van der Waals surface area contributed by atoms with Gasteiger partial charge in [0.05, 0.1) is 12.2 Å². The van der Waals surface area contributed by atoms with Gasteiger partial charge in [-0.15, -0.1) is 0 Å². The summed E-state index contributed by atoms with van der Waals surface area (Å²) in [5.74, 6) is 0.790. The van der Waals surface area contributed by atoms with Gasteiger partial charge in [0.15, 0.2) is 0 Å². The van der Waals surface area contributed by atoms with Gasteiger partial charge >= 0.3 is 0 Å². The monoisotopic (exact) mass is 214 g/mol. The molecule has 2 N–H and O–H groups in total. The van der Waals surface area contributed by atoms with Gasteiger partial charge in [-0.3, -0.25) is 4.90 Å². The van der Waals surface area contributed by atoms with Crippen LogP contribution in [0, 0.1) is 5.92 Å². The van der Waals surface area contributed by atoms with E-state index in [-0.39, 0.29) is 6.10 Å². The molecule has 1 rings (SSSR count). The lowest BCUT2D eigenvalue weighted by Crippen LogP contribution is -2.50. The highest BCUT2D eigenvalue weighted by molar-refractivity contribution is 4.77. The Bertz CT molecular complexity index is 175. The van der Waals surface area contributed by atoms with Crippen LogP contribution in [0.15, 0.2) is 0 Å². The van der Waals surface area contributed by atoms with Crippen molar-refractivity contribution in [2.24, 2.45) is 11.7 Å². The largest absolute Gasteiger partial charge is 0.371 e. The van der Waals surface area contributed by atoms with Gasteiger partial charge in [-0.05, 0) is 19.3 Å². The van der Waals surface area contributed by atoms with Gasteiger partial charge in [-0.2, -0.15) is 0 Å². The average molecular weight is 214 g/mol. The maximum Gasteiger partial charge on any atom is 0.0828 e. The summed E-state index contributed by atoms with van der Waals surface area (Å²) in [6.07, 6.45) is 3.17. The molecule has 0 aromatic carbocycles. The molecule has 3 atom stereocenters. The summed E-state index contributed by atoms with van der Waals surface area (Å²) in [7, 11) is 0. The minimum Gasteiger partial charge on any atom is -0.371 e. The lowest BCUT2D eigenvalue weighted by atomic mass is 10.0. The molecule has 0 aromatic rings. The Balaban J connectivity index is 2.33. The first-order valence-corrected chi connectivity index (χ1v) is 6.23. The van der Waals surface area contributed by atoms with Gasteiger partial charge in [-0.1, -0.05) is 20.3 Å². The van der Waals surface area contributed by atoms with Crippen LogP contribution in [0.2, 0.25) is 0 Å². The summed E-state index contributed by atoms with van der Waals surface area (Å²) in [4.78, 5) is 2.51. The highest BCUT2D eigenvalue weighted by Gasteiger charge is 2.24. The minimum atomic E-state index is 0.238. The molecule has 90 valence electrons. The average Bonchev–Trinajstić information content (AvgIpc) is 2.17. The fraction of sp³-hybridized carbons (Fsp3) is 1.00. The molecular formula is C12H26N2O. The van der Waals surface area contributed by atoms with Gasteiger partial charge in [0.2, 0.25) is 0 Å². The van der Waals surface area contributed by atoms with Crippen LogP contribution in [0.3, 0.4) is 0 Å². The van der Waals surface area contributed by atoms with Gasteiger partial charge in [0, 0.05) is 26.2 Å². The normalized spacial score (nSPS) is 30.4. The van der Waals surface area contributed by atoms with E-state index >= 15 is 0 Å². The number of nitrogens with two attached hydrogens (primary N) is 1. The number of hydrogen-bond donors (Lipinski definition) is 1. The molecule has 0 radical (unpaired) electrons. The van der Waals surface area contributed by atoms with Crippen molar-refractivity contribution in [2.45, 2.75) is 45.8 Å². The molecule has 3 heteroatoms. The number of morpholine rings is 1. The fourth-order valence-electron chi connectivity index (χ4n) is 2.44. The molecule has 15 heavy (non-hydrogen) atoms. The summed E-state index contributed by atoms with van der Waals surface area (Å²) < 4.78 is 5.74. The molecule has 0 aromatic heterocycles. The van der Waals surface area contributed by atoms with Crippen LogP contribution in [-0.2, 0) is 4.74 Å². The van der Waals surface area contributed by atoms with Gasteiger partial charge < -0.3 is 10.5 Å². The Hall–Kier alpha value is -0.120. The van der Waals surface area contributed by atoms with E-state index in [1.165, 1.54) is 19.4 Å². The Morgan fingerprint density at radius 2 is 2.20 bits per heavy atom. The summed E-state index contributed by atoms with van der Waals surface area (Å²) >= 11 is 0. The van der Waals surface area contributed by atoms with Gasteiger partial charge in [0.1, 0.15) is 0 Å². The van der Waals surface area contributed by atoms with Crippen molar-refractivity contribution in [3.05, 3.63) is 0 Å². The predicted molar refractivity (Wildman–Crippen MR) is 63.9 cm³/mol. The van der Waals surface area contributed by atoms with E-state index in [2.05, 4.69) is 25.7 Å². The lowest BCUT2D eigenvalue weighted by Gasteiger charge is -2.37. The van der Waals surface area contributed by atoms with Crippen LogP contribution < -0.4 is 5.73 Å². The van der Waals surface area contributed by atoms with E-state index in [1.54, 1.807) is 0 Å². The summed E-state index contributed by atoms with van der Waals surface area (Å²) in [6, 6.07) is 0. The van der Waals surface area contributed by atoms with Gasteiger partial charge in [0.25, 0.3) is 0 Å². The second-order valence-electron chi connectivity index (χ2n) is 4.92. The first kappa shape index (κ1) is 12.9. The molecule has 1 fully saturated rings. The van der Waals surface area contributed by atoms with E-state index in [0.717, 1.165) is 19.0 Å². The predicted octanol–water partition coefficient (Wildman–Crippen LogP) is 1.47. The minimum absolute atomic E-state index is 0.238. The van der Waals surface area contributed by atoms with Crippen LogP contribution in [0.25, 0.3) is 0 Å². The maximum atomic E-state index is 5.74. The van der Waals surface area contributed by atoms with E-state index in [1.807, 2.05) is 0 Å². The Morgan fingerprint density at radius 1 is 1.47 bits per heavy atom. The van der Waals surface area contributed by atoms with Crippen LogP contribution in [-0.4, -0.2) is 43.3 Å². The van der Waals surface area contributed by atoms with Crippen molar-refractivity contribution >= 4 is 0 Å². The Morgan fingerprint density at radius 3 is 2.80 bits per heavy atom. The standard InChI is InChI=1S/C12H26N2O/c1-4-5-10(2)7-14-8-11(3)15-12(6-13)9-14/h10-12H,4-9,13H2,1-3H3. The molecule has 0 bridgehead atoms. The van der Waals surface area contributed by atoms with Crippen molar-refractivity contribution in [3.8, 4) is 0 Å². The number of hydrogen-bond acceptors (Lipinski definition) is 3. The van der Waals surface area contributed by atoms with Gasteiger partial charge in [-0.25, -0.2) is 0 Å². The molecule has 0 spiro atoms. The van der Waals surface area contributed by atoms with Crippen LogP contribution in [0.5, 0.6) is 0 Å². The van der Waals surface area contributed by atoms with E-state index in [4.69, 9.17) is 10.5 Å². The molecule has 1 heterocycles. The maximum absolute atomic E-state index is 5.74. The fourth-order valence-corrected chi connectivity index (χ4v) is 2.44. The van der Waals surface area contributed by atoms with Crippen LogP contribution in [0.4, 0.5) is 0 Å². The summed E-state index contributed by atoms with van der Waals surface area (Å²) in [6.45, 7) is 10.6. The van der Waals surface area contributed by atoms with Crippen molar-refractivity contribution in [1.82, 2.24) is 4.90 Å². The van der Waals surface area contributed by atoms with Crippen molar-refractivity contribution < 1.29 is 4.74 Å². The number of nitrogens with zero attached hydrogens (tertiary/aromatic N) is 1. The Kier molecular flexibility index (Phi) is 5.58. The summed E-state index contributed by atoms with van der Waals surface area (Å²) in [5, 5.41) is 0. The number of rotatable bonds is 5. The Labute approximate surface area is 94.0 Å². The topological polar surface area (TPSA) is 38.5 Å². The molecule has 3 nitrogen and oxygen atoms in total. The molecule has 0 amide bonds. The van der Waals surface area contributed by atoms with E-state index in [0.29, 0.717) is 12.6 Å². The highest BCUT2D eigenvalue weighted by Crippen LogP contribution is 2.14. The SMILES string of the molecule is CCCC(C)CN1CC(C)OC(CN)C1. The second kappa shape index (κ2) is 6.46. The smallest absolute Gasteiger partial charge is 0.0828 e. The summed E-state index contributed by atoms with van der Waals surface area (Å²) in [5.41, 5.74) is 5.67. The zero-order valence-corrected chi connectivity index (χ0v) is 10.4. The van der Waals surface area contributed by atoms with E-state index in [9.17, 15) is 0 Å².